The van der Waals surface area contributed by atoms with Gasteiger partial charge in [0.15, 0.2) is 0 Å². The van der Waals surface area contributed by atoms with Gasteiger partial charge in [0.05, 0.1) is 6.04 Å². The van der Waals surface area contributed by atoms with E-state index in [1.54, 1.807) is 5.01 Å². The zero-order chi connectivity index (χ0) is 10.1. The van der Waals surface area contributed by atoms with Crippen LogP contribution in [0.5, 0.6) is 0 Å². The van der Waals surface area contributed by atoms with Crippen LogP contribution in [0.4, 0.5) is 0 Å². The largest absolute Gasteiger partial charge is 0.305 e. The molecule has 3 atom stereocenters. The molecule has 80 valence electrons. The van der Waals surface area contributed by atoms with Gasteiger partial charge in [0, 0.05) is 14.1 Å². The molecule has 1 amide bonds. The number of nitrogens with one attached hydrogen (secondary N) is 2. The predicted octanol–water partition coefficient (Wildman–Crippen LogP) is -0.0327. The van der Waals surface area contributed by atoms with Gasteiger partial charge in [-0.05, 0) is 31.2 Å². The fourth-order valence-corrected chi connectivity index (χ4v) is 2.76. The lowest BCUT2D eigenvalue weighted by molar-refractivity contribution is -0.127. The van der Waals surface area contributed by atoms with Crippen LogP contribution in [0.15, 0.2) is 0 Å². The van der Waals surface area contributed by atoms with E-state index in [9.17, 15) is 4.79 Å². The first-order chi connectivity index (χ1) is 6.68. The van der Waals surface area contributed by atoms with Gasteiger partial charge in [-0.15, -0.1) is 0 Å². The molecular weight excluding hydrogens is 178 g/mol. The Morgan fingerprint density at radius 1 is 1.43 bits per heavy atom. The normalized spacial score (nSPS) is 36.1. The Labute approximate surface area is 85.0 Å². The third kappa shape index (κ3) is 1.77. The second-order valence-corrected chi connectivity index (χ2v) is 4.61. The molecule has 2 fully saturated rings. The van der Waals surface area contributed by atoms with Gasteiger partial charge in [0.25, 0.3) is 5.91 Å². The summed E-state index contributed by atoms with van der Waals surface area (Å²) in [7, 11) is 3.69. The summed E-state index contributed by atoms with van der Waals surface area (Å²) in [5.74, 6) is 1.45. The Morgan fingerprint density at radius 2 is 2.21 bits per heavy atom. The van der Waals surface area contributed by atoms with Crippen LogP contribution in [0.2, 0.25) is 0 Å². The molecule has 14 heavy (non-hydrogen) atoms. The van der Waals surface area contributed by atoms with E-state index in [1.165, 1.54) is 19.3 Å². The highest BCUT2D eigenvalue weighted by Gasteiger charge is 2.42. The van der Waals surface area contributed by atoms with E-state index in [4.69, 9.17) is 0 Å². The van der Waals surface area contributed by atoms with Crippen LogP contribution in [-0.4, -0.2) is 37.6 Å². The van der Waals surface area contributed by atoms with Gasteiger partial charge in [-0.25, -0.2) is 5.01 Å². The molecule has 0 spiro atoms. The van der Waals surface area contributed by atoms with Crippen molar-refractivity contribution in [2.45, 2.75) is 25.3 Å². The van der Waals surface area contributed by atoms with Crippen molar-refractivity contribution < 1.29 is 4.79 Å². The molecule has 2 rings (SSSR count). The fourth-order valence-electron chi connectivity index (χ4n) is 2.76. The molecule has 0 aromatic heterocycles. The van der Waals surface area contributed by atoms with Crippen LogP contribution in [0, 0.1) is 11.8 Å². The SMILES string of the molecule is CN(C)NC(=O)C1NCC2CCCC21. The molecule has 1 heterocycles. The molecule has 2 aliphatic rings. The van der Waals surface area contributed by atoms with Crippen molar-refractivity contribution in [2.24, 2.45) is 11.8 Å². The van der Waals surface area contributed by atoms with Gasteiger partial charge in [-0.2, -0.15) is 0 Å². The number of carbonyl (C=O) groups is 1. The van der Waals surface area contributed by atoms with E-state index in [-0.39, 0.29) is 11.9 Å². The quantitative estimate of drug-likeness (QED) is 0.611. The zero-order valence-electron chi connectivity index (χ0n) is 8.92. The molecule has 2 N–H and O–H groups in total. The number of fused-ring (bicyclic) bond motifs is 1. The molecule has 3 unspecified atom stereocenters. The van der Waals surface area contributed by atoms with Gasteiger partial charge in [-0.3, -0.25) is 10.2 Å². The van der Waals surface area contributed by atoms with Crippen LogP contribution in [-0.2, 0) is 4.79 Å². The van der Waals surface area contributed by atoms with Crippen molar-refractivity contribution in [3.63, 3.8) is 0 Å². The van der Waals surface area contributed by atoms with E-state index in [0.29, 0.717) is 5.92 Å². The van der Waals surface area contributed by atoms with Crippen molar-refractivity contribution >= 4 is 5.91 Å². The van der Waals surface area contributed by atoms with Gasteiger partial charge in [0.2, 0.25) is 0 Å². The standard InChI is InChI=1S/C10H19N3O/c1-13(2)12-10(14)9-8-5-3-4-7(8)6-11-9/h7-9,11H,3-6H2,1-2H3,(H,12,14). The first-order valence-electron chi connectivity index (χ1n) is 5.39. The average molecular weight is 197 g/mol. The molecule has 0 aromatic carbocycles. The van der Waals surface area contributed by atoms with Crippen molar-refractivity contribution in [1.29, 1.82) is 0 Å². The highest BCUT2D eigenvalue weighted by molar-refractivity contribution is 5.82. The van der Waals surface area contributed by atoms with Crippen LogP contribution in [0.3, 0.4) is 0 Å². The number of hydrogen-bond donors (Lipinski definition) is 2. The summed E-state index contributed by atoms with van der Waals surface area (Å²) in [5, 5.41) is 5.04. The first kappa shape index (κ1) is 9.93. The first-order valence-corrected chi connectivity index (χ1v) is 5.39. The number of nitrogens with zero attached hydrogens (tertiary/aromatic N) is 1. The monoisotopic (exact) mass is 197 g/mol. The fraction of sp³-hybridized carbons (Fsp3) is 0.900. The summed E-state index contributed by atoms with van der Waals surface area (Å²) >= 11 is 0. The Bertz CT molecular complexity index is 229. The predicted molar refractivity (Wildman–Crippen MR) is 54.5 cm³/mol. The van der Waals surface area contributed by atoms with Gasteiger partial charge < -0.3 is 5.32 Å². The maximum Gasteiger partial charge on any atom is 0.251 e. The molecule has 4 nitrogen and oxygen atoms in total. The molecular formula is C10H19N3O. The van der Waals surface area contributed by atoms with Crippen LogP contribution in [0.25, 0.3) is 0 Å². The number of rotatable bonds is 2. The van der Waals surface area contributed by atoms with E-state index < -0.39 is 0 Å². The highest BCUT2D eigenvalue weighted by Crippen LogP contribution is 2.37. The Morgan fingerprint density at radius 3 is 2.93 bits per heavy atom. The van der Waals surface area contributed by atoms with Crippen molar-refractivity contribution in [3.05, 3.63) is 0 Å². The summed E-state index contributed by atoms with van der Waals surface area (Å²) in [6, 6.07) is 0.0462. The topological polar surface area (TPSA) is 44.4 Å². The Kier molecular flexibility index (Phi) is 2.74. The maximum atomic E-state index is 11.8. The van der Waals surface area contributed by atoms with E-state index in [0.717, 1.165) is 12.5 Å². The number of hydrogen-bond acceptors (Lipinski definition) is 3. The smallest absolute Gasteiger partial charge is 0.251 e. The molecule has 0 bridgehead atoms. The van der Waals surface area contributed by atoms with Crippen LogP contribution >= 0.6 is 0 Å². The Balaban J connectivity index is 1.94. The second-order valence-electron chi connectivity index (χ2n) is 4.61. The summed E-state index contributed by atoms with van der Waals surface area (Å²) in [6.07, 6.45) is 3.80. The minimum absolute atomic E-state index is 0.0462. The van der Waals surface area contributed by atoms with E-state index in [2.05, 4.69) is 10.7 Å². The van der Waals surface area contributed by atoms with E-state index in [1.807, 2.05) is 14.1 Å². The lowest BCUT2D eigenvalue weighted by atomic mass is 9.94. The van der Waals surface area contributed by atoms with Gasteiger partial charge in [-0.1, -0.05) is 6.42 Å². The third-order valence-electron chi connectivity index (χ3n) is 3.36. The summed E-state index contributed by atoms with van der Waals surface area (Å²) in [5.41, 5.74) is 2.83. The summed E-state index contributed by atoms with van der Waals surface area (Å²) < 4.78 is 0. The van der Waals surface area contributed by atoms with Gasteiger partial charge in [0.1, 0.15) is 0 Å². The number of amides is 1. The minimum Gasteiger partial charge on any atom is -0.305 e. The van der Waals surface area contributed by atoms with Crippen LogP contribution < -0.4 is 10.7 Å². The highest BCUT2D eigenvalue weighted by atomic mass is 16.2. The lowest BCUT2D eigenvalue weighted by Crippen LogP contribution is -2.48. The molecule has 1 saturated heterocycles. The maximum absolute atomic E-state index is 11.8. The molecule has 0 aromatic rings. The molecule has 1 saturated carbocycles. The third-order valence-corrected chi connectivity index (χ3v) is 3.36. The van der Waals surface area contributed by atoms with Gasteiger partial charge >= 0.3 is 0 Å². The summed E-state index contributed by atoms with van der Waals surface area (Å²) in [4.78, 5) is 11.8. The summed E-state index contributed by atoms with van der Waals surface area (Å²) in [6.45, 7) is 1.02. The Hall–Kier alpha value is -0.610. The van der Waals surface area contributed by atoms with Crippen molar-refractivity contribution in [1.82, 2.24) is 15.8 Å². The second kappa shape index (κ2) is 3.87. The van der Waals surface area contributed by atoms with Crippen molar-refractivity contribution in [2.75, 3.05) is 20.6 Å². The zero-order valence-corrected chi connectivity index (χ0v) is 8.92. The minimum atomic E-state index is 0.0462. The van der Waals surface area contributed by atoms with Crippen LogP contribution in [0.1, 0.15) is 19.3 Å². The average Bonchev–Trinajstić information content (AvgIpc) is 2.59. The van der Waals surface area contributed by atoms with E-state index >= 15 is 0 Å². The molecule has 0 radical (unpaired) electrons. The lowest BCUT2D eigenvalue weighted by Gasteiger charge is -2.20. The molecule has 1 aliphatic heterocycles. The number of hydrazine groups is 1. The molecule has 1 aliphatic carbocycles. The van der Waals surface area contributed by atoms with Crippen molar-refractivity contribution in [3.8, 4) is 0 Å². The molecule has 4 heteroatoms. The number of carbonyl (C=O) groups excluding carboxylic acids is 1.